The average Bonchev–Trinajstić information content (AvgIpc) is 2.78. The lowest BCUT2D eigenvalue weighted by Crippen LogP contribution is -2.48. The van der Waals surface area contributed by atoms with E-state index in [1.165, 1.54) is 13.2 Å². The molecule has 0 fully saturated rings. The number of carbonyl (C=O) groups is 1. The number of carbonyl (C=O) groups excluding carboxylic acids is 1. The number of hydrogen-bond donors (Lipinski definition) is 1. The fraction of sp³-hybridized carbons (Fsp3) is 0.304. The summed E-state index contributed by atoms with van der Waals surface area (Å²) < 4.78 is 49.7. The van der Waals surface area contributed by atoms with Crippen LogP contribution < -0.4 is 19.7 Å². The van der Waals surface area contributed by atoms with Gasteiger partial charge in [-0.3, -0.25) is 4.90 Å². The average molecular weight is 477 g/mol. The minimum Gasteiger partial charge on any atom is -0.486 e. The van der Waals surface area contributed by atoms with Crippen LogP contribution in [0.4, 0.5) is 14.5 Å². The lowest BCUT2D eigenvalue weighted by atomic mass is 9.94. The van der Waals surface area contributed by atoms with Crippen molar-refractivity contribution >= 4 is 29.0 Å². The number of thiocarbonyl (C=S) groups is 1. The molecule has 2 aliphatic heterocycles. The van der Waals surface area contributed by atoms with Crippen LogP contribution in [0.25, 0.3) is 0 Å². The highest BCUT2D eigenvalue weighted by Crippen LogP contribution is 2.39. The molecule has 2 heterocycles. The first-order chi connectivity index (χ1) is 15.9. The van der Waals surface area contributed by atoms with Gasteiger partial charge in [-0.1, -0.05) is 6.07 Å². The van der Waals surface area contributed by atoms with Gasteiger partial charge >= 0.3 is 5.97 Å². The van der Waals surface area contributed by atoms with Crippen LogP contribution in [0, 0.1) is 11.6 Å². The zero-order chi connectivity index (χ0) is 23.5. The van der Waals surface area contributed by atoms with Gasteiger partial charge < -0.3 is 24.3 Å². The molecule has 33 heavy (non-hydrogen) atoms. The number of methoxy groups -OCH3 is 1. The van der Waals surface area contributed by atoms with Crippen LogP contribution in [0.15, 0.2) is 47.7 Å². The molecule has 2 aliphatic rings. The summed E-state index contributed by atoms with van der Waals surface area (Å²) >= 11 is 5.57. The third kappa shape index (κ3) is 4.62. The Kier molecular flexibility index (Phi) is 6.75. The van der Waals surface area contributed by atoms with Gasteiger partial charge in [0.15, 0.2) is 16.6 Å². The second-order valence-corrected chi connectivity index (χ2v) is 7.73. The zero-order valence-electron chi connectivity index (χ0n) is 18.0. The molecule has 174 valence electrons. The number of halogens is 2. The standard InChI is InChI=1S/C23H22F2N2O5S/c1-13-20(22(28)32-8-7-29-2)21(16-5-3-14(24)11-17(16)25)26-23(33)27(13)15-4-6-18-19(12-15)31-10-9-30-18/h3-6,11-12,21H,7-10H2,1-2H3,(H,26,33)/t21-/m1/s1. The van der Waals surface area contributed by atoms with E-state index < -0.39 is 23.6 Å². The maximum atomic E-state index is 14.7. The number of nitrogens with zero attached hydrogens (tertiary/aromatic N) is 1. The van der Waals surface area contributed by atoms with Crippen molar-refractivity contribution < 1.29 is 32.5 Å². The van der Waals surface area contributed by atoms with E-state index in [0.29, 0.717) is 36.1 Å². The molecule has 0 saturated heterocycles. The van der Waals surface area contributed by atoms with Crippen LogP contribution in [0.1, 0.15) is 18.5 Å². The molecule has 0 spiro atoms. The minimum atomic E-state index is -0.971. The zero-order valence-corrected chi connectivity index (χ0v) is 18.8. The van der Waals surface area contributed by atoms with Crippen LogP contribution >= 0.6 is 12.2 Å². The summed E-state index contributed by atoms with van der Waals surface area (Å²) in [6, 6.07) is 7.47. The molecular formula is C23H22F2N2O5S. The van der Waals surface area contributed by atoms with Crippen molar-refractivity contribution in [2.75, 3.05) is 38.4 Å². The van der Waals surface area contributed by atoms with Crippen molar-refractivity contribution in [1.82, 2.24) is 5.32 Å². The summed E-state index contributed by atoms with van der Waals surface area (Å²) in [7, 11) is 1.49. The highest BCUT2D eigenvalue weighted by atomic mass is 32.1. The fourth-order valence-electron chi connectivity index (χ4n) is 3.75. The van der Waals surface area contributed by atoms with Gasteiger partial charge in [0.2, 0.25) is 0 Å². The van der Waals surface area contributed by atoms with E-state index in [1.54, 1.807) is 30.0 Å². The van der Waals surface area contributed by atoms with E-state index in [2.05, 4.69) is 5.32 Å². The number of benzene rings is 2. The quantitative estimate of drug-likeness (QED) is 0.385. The Morgan fingerprint density at radius 1 is 1.15 bits per heavy atom. The highest BCUT2D eigenvalue weighted by molar-refractivity contribution is 7.80. The predicted molar refractivity (Wildman–Crippen MR) is 120 cm³/mol. The summed E-state index contributed by atoms with van der Waals surface area (Å²) in [6.45, 7) is 2.77. The Morgan fingerprint density at radius 2 is 1.91 bits per heavy atom. The number of esters is 1. The second kappa shape index (κ2) is 9.72. The first-order valence-electron chi connectivity index (χ1n) is 10.2. The summed E-state index contributed by atoms with van der Waals surface area (Å²) in [6.07, 6.45) is 0. The van der Waals surface area contributed by atoms with Gasteiger partial charge in [0.25, 0.3) is 0 Å². The van der Waals surface area contributed by atoms with Gasteiger partial charge in [0, 0.05) is 30.5 Å². The second-order valence-electron chi connectivity index (χ2n) is 7.34. The van der Waals surface area contributed by atoms with E-state index in [4.69, 9.17) is 31.2 Å². The number of allylic oxidation sites excluding steroid dienone is 1. The van der Waals surface area contributed by atoms with E-state index >= 15 is 0 Å². The number of rotatable bonds is 6. The normalized spacial score (nSPS) is 17.6. The Labute approximate surface area is 194 Å². The molecule has 0 radical (unpaired) electrons. The molecule has 1 N–H and O–H groups in total. The van der Waals surface area contributed by atoms with Crippen LogP contribution in [0.2, 0.25) is 0 Å². The Balaban J connectivity index is 1.78. The molecule has 0 unspecified atom stereocenters. The topological polar surface area (TPSA) is 69.3 Å². The van der Waals surface area contributed by atoms with E-state index in [9.17, 15) is 13.6 Å². The van der Waals surface area contributed by atoms with Gasteiger partial charge in [0.1, 0.15) is 31.5 Å². The van der Waals surface area contributed by atoms with Crippen molar-refractivity contribution in [2.24, 2.45) is 0 Å². The van der Waals surface area contributed by atoms with Crippen LogP contribution in [-0.4, -0.2) is 44.6 Å². The van der Waals surface area contributed by atoms with E-state index in [-0.39, 0.29) is 29.5 Å². The molecule has 7 nitrogen and oxygen atoms in total. The molecule has 4 rings (SSSR count). The lowest BCUT2D eigenvalue weighted by molar-refractivity contribution is -0.140. The number of hydrogen-bond acceptors (Lipinski definition) is 6. The third-order valence-corrected chi connectivity index (χ3v) is 5.58. The highest BCUT2D eigenvalue weighted by Gasteiger charge is 2.37. The first-order valence-corrected chi connectivity index (χ1v) is 10.6. The van der Waals surface area contributed by atoms with Gasteiger partial charge in [-0.25, -0.2) is 13.6 Å². The van der Waals surface area contributed by atoms with E-state index in [0.717, 1.165) is 12.1 Å². The molecule has 0 aliphatic carbocycles. The van der Waals surface area contributed by atoms with Crippen LogP contribution in [0.3, 0.4) is 0 Å². The minimum absolute atomic E-state index is 0.0131. The van der Waals surface area contributed by atoms with Crippen molar-refractivity contribution in [3.05, 3.63) is 64.9 Å². The van der Waals surface area contributed by atoms with Crippen molar-refractivity contribution in [1.29, 1.82) is 0 Å². The Morgan fingerprint density at radius 3 is 2.64 bits per heavy atom. The summed E-state index contributed by atoms with van der Waals surface area (Å²) in [5.41, 5.74) is 1.26. The van der Waals surface area contributed by atoms with Crippen LogP contribution in [-0.2, 0) is 14.3 Å². The smallest absolute Gasteiger partial charge is 0.338 e. The number of fused-ring (bicyclic) bond motifs is 1. The van der Waals surface area contributed by atoms with Gasteiger partial charge in [-0.15, -0.1) is 0 Å². The lowest BCUT2D eigenvalue weighted by Gasteiger charge is -2.38. The van der Waals surface area contributed by atoms with Crippen LogP contribution in [0.5, 0.6) is 11.5 Å². The molecule has 1 atom stereocenters. The molecule has 10 heteroatoms. The molecule has 0 aromatic heterocycles. The molecular weight excluding hydrogens is 454 g/mol. The van der Waals surface area contributed by atoms with Gasteiger partial charge in [-0.05, 0) is 37.3 Å². The molecule has 2 aromatic carbocycles. The predicted octanol–water partition coefficient (Wildman–Crippen LogP) is 3.64. The van der Waals surface area contributed by atoms with Crippen molar-refractivity contribution in [3.63, 3.8) is 0 Å². The first kappa shape index (κ1) is 22.9. The van der Waals surface area contributed by atoms with Gasteiger partial charge in [0.05, 0.1) is 23.9 Å². The number of nitrogens with one attached hydrogen (secondary N) is 1. The number of anilines is 1. The van der Waals surface area contributed by atoms with E-state index in [1.807, 2.05) is 0 Å². The Hall–Kier alpha value is -3.24. The summed E-state index contributed by atoms with van der Waals surface area (Å²) in [5.74, 6) is -1.05. The monoisotopic (exact) mass is 476 g/mol. The molecule has 2 aromatic rings. The third-order valence-electron chi connectivity index (χ3n) is 5.28. The molecule has 0 amide bonds. The SMILES string of the molecule is COCCOC(=O)C1=C(C)N(c2ccc3c(c2)OCCO3)C(=S)N[C@@H]1c1ccc(F)cc1F. The molecule has 0 bridgehead atoms. The van der Waals surface area contributed by atoms with Crippen molar-refractivity contribution in [3.8, 4) is 11.5 Å². The summed E-state index contributed by atoms with van der Waals surface area (Å²) in [4.78, 5) is 14.7. The summed E-state index contributed by atoms with van der Waals surface area (Å²) in [5, 5.41) is 3.23. The Bertz CT molecular complexity index is 1120. The van der Waals surface area contributed by atoms with Crippen molar-refractivity contribution in [2.45, 2.75) is 13.0 Å². The van der Waals surface area contributed by atoms with Gasteiger partial charge in [-0.2, -0.15) is 0 Å². The number of ether oxygens (including phenoxy) is 4. The molecule has 0 saturated carbocycles. The maximum Gasteiger partial charge on any atom is 0.338 e. The largest absolute Gasteiger partial charge is 0.486 e. The fourth-order valence-corrected chi connectivity index (χ4v) is 4.11. The maximum absolute atomic E-state index is 14.7.